The zero-order valence-corrected chi connectivity index (χ0v) is 26.1. The van der Waals surface area contributed by atoms with Crippen LogP contribution < -0.4 is 0 Å². The minimum absolute atomic E-state index is 0.0256. The first-order chi connectivity index (χ1) is 21.5. The van der Waals surface area contributed by atoms with Gasteiger partial charge in [-0.3, -0.25) is 4.79 Å². The van der Waals surface area contributed by atoms with Crippen molar-refractivity contribution < 1.29 is 33.0 Å². The van der Waals surface area contributed by atoms with E-state index in [0.29, 0.717) is 57.9 Å². The van der Waals surface area contributed by atoms with Gasteiger partial charge in [-0.2, -0.15) is 0 Å². The van der Waals surface area contributed by atoms with Gasteiger partial charge in [-0.15, -0.1) is 0 Å². The van der Waals surface area contributed by atoms with Gasteiger partial charge in [0.05, 0.1) is 11.7 Å². The molecule has 9 nitrogen and oxygen atoms in total. The third kappa shape index (κ3) is 8.07. The Labute approximate surface area is 262 Å². The monoisotopic (exact) mass is 624 g/mol. The molecular formula is C34H42F2N4O5. The number of amides is 2. The summed E-state index contributed by atoms with van der Waals surface area (Å²) in [5, 5.41) is 10.2. The summed E-state index contributed by atoms with van der Waals surface area (Å²) in [6.07, 6.45) is 3.26. The van der Waals surface area contributed by atoms with Gasteiger partial charge in [-0.25, -0.2) is 18.6 Å². The number of carbonyl (C=O) groups is 2. The van der Waals surface area contributed by atoms with Crippen LogP contribution >= 0.6 is 0 Å². The van der Waals surface area contributed by atoms with Gasteiger partial charge in [0.1, 0.15) is 29.7 Å². The maximum Gasteiger partial charge on any atom is 0.410 e. The number of aliphatic hydroxyl groups excluding tert-OH is 1. The van der Waals surface area contributed by atoms with Crippen molar-refractivity contribution in [3.05, 3.63) is 77.8 Å². The van der Waals surface area contributed by atoms with Crippen LogP contribution in [0.4, 0.5) is 13.6 Å². The van der Waals surface area contributed by atoms with E-state index < -0.39 is 41.9 Å². The van der Waals surface area contributed by atoms with Crippen LogP contribution in [-0.4, -0.2) is 81.5 Å². The second-order valence-corrected chi connectivity index (χ2v) is 12.9. The number of carbonyl (C=O) groups excluding carboxylic acids is 2. The zero-order valence-electron chi connectivity index (χ0n) is 26.1. The average molecular weight is 625 g/mol. The van der Waals surface area contributed by atoms with Gasteiger partial charge >= 0.3 is 6.09 Å². The van der Waals surface area contributed by atoms with Gasteiger partial charge in [0.2, 0.25) is 5.91 Å². The number of rotatable bonds is 9. The summed E-state index contributed by atoms with van der Waals surface area (Å²) in [6.45, 7) is 7.33. The van der Waals surface area contributed by atoms with Crippen molar-refractivity contribution in [1.29, 1.82) is 0 Å². The molecule has 0 bridgehead atoms. The third-order valence-electron chi connectivity index (χ3n) is 8.37. The molecule has 1 aromatic heterocycles. The molecule has 3 aromatic rings. The van der Waals surface area contributed by atoms with E-state index in [1.54, 1.807) is 16.0 Å². The predicted octanol–water partition coefficient (Wildman–Crippen LogP) is 5.42. The summed E-state index contributed by atoms with van der Waals surface area (Å²) in [5.41, 5.74) is 0.620. The van der Waals surface area contributed by atoms with E-state index in [-0.39, 0.29) is 29.6 Å². The minimum atomic E-state index is -0.701. The standard InChI is InChI=1S/C34H42F2N4O5/c1-34(2,3)45-33(43)38-14-11-24(19-38)20-40(30(42)22-41)31(25-12-15-44-16-13-25)32-37-29(27-17-26(35)9-10-28(27)36)21-39(32)18-23-7-5-4-6-8-23/h4-10,17,21,24-25,31,41H,11-16,18-20,22H2,1-3H3. The Morgan fingerprint density at radius 1 is 1.11 bits per heavy atom. The molecule has 3 heterocycles. The van der Waals surface area contributed by atoms with Crippen LogP contribution in [0.2, 0.25) is 0 Å². The first-order valence-electron chi connectivity index (χ1n) is 15.5. The van der Waals surface area contributed by atoms with E-state index in [4.69, 9.17) is 14.5 Å². The lowest BCUT2D eigenvalue weighted by Gasteiger charge is -2.39. The highest BCUT2D eigenvalue weighted by Crippen LogP contribution is 2.38. The molecule has 0 aliphatic carbocycles. The van der Waals surface area contributed by atoms with Crippen molar-refractivity contribution in [2.24, 2.45) is 11.8 Å². The molecule has 2 fully saturated rings. The Kier molecular flexibility index (Phi) is 10.2. The predicted molar refractivity (Wildman–Crippen MR) is 164 cm³/mol. The second kappa shape index (κ2) is 14.1. The second-order valence-electron chi connectivity index (χ2n) is 12.9. The highest BCUT2D eigenvalue weighted by molar-refractivity contribution is 5.78. The van der Waals surface area contributed by atoms with E-state index in [1.807, 2.05) is 55.7 Å². The Balaban J connectivity index is 1.54. The van der Waals surface area contributed by atoms with Gasteiger partial charge in [0.25, 0.3) is 0 Å². The molecule has 2 unspecified atom stereocenters. The highest BCUT2D eigenvalue weighted by atomic mass is 19.1. The summed E-state index contributed by atoms with van der Waals surface area (Å²) in [4.78, 5) is 34.6. The fraction of sp³-hybridized carbons (Fsp3) is 0.500. The van der Waals surface area contributed by atoms with E-state index >= 15 is 4.39 Å². The van der Waals surface area contributed by atoms with Gasteiger partial charge in [0.15, 0.2) is 0 Å². The molecule has 0 saturated carbocycles. The van der Waals surface area contributed by atoms with E-state index in [1.165, 1.54) is 0 Å². The van der Waals surface area contributed by atoms with Gasteiger partial charge in [-0.05, 0) is 75.6 Å². The quantitative estimate of drug-likeness (QED) is 0.342. The SMILES string of the molecule is CC(C)(C)OC(=O)N1CCC(CN(C(=O)CO)C(c2nc(-c3cc(F)ccc3F)cn2Cc2ccccc2)C2CCOCC2)C1. The summed E-state index contributed by atoms with van der Waals surface area (Å²) >= 11 is 0. The average Bonchev–Trinajstić information content (AvgIpc) is 3.65. The number of imidazole rings is 1. The van der Waals surface area contributed by atoms with Crippen molar-refractivity contribution >= 4 is 12.0 Å². The summed E-state index contributed by atoms with van der Waals surface area (Å²) in [6, 6.07) is 12.4. The van der Waals surface area contributed by atoms with Crippen LogP contribution in [0.5, 0.6) is 0 Å². The van der Waals surface area contributed by atoms with Crippen molar-refractivity contribution in [3.63, 3.8) is 0 Å². The summed E-state index contributed by atoms with van der Waals surface area (Å²) in [5.74, 6) is -1.26. The third-order valence-corrected chi connectivity index (χ3v) is 8.37. The lowest BCUT2D eigenvalue weighted by molar-refractivity contribution is -0.140. The lowest BCUT2D eigenvalue weighted by atomic mass is 9.89. The van der Waals surface area contributed by atoms with E-state index in [2.05, 4.69) is 0 Å². The number of ether oxygens (including phenoxy) is 2. The first-order valence-corrected chi connectivity index (χ1v) is 15.5. The Bertz CT molecular complexity index is 1470. The number of benzene rings is 2. The topological polar surface area (TPSA) is 97.1 Å². The van der Waals surface area contributed by atoms with Crippen molar-refractivity contribution in [2.45, 2.75) is 58.2 Å². The summed E-state index contributed by atoms with van der Waals surface area (Å²) < 4.78 is 42.4. The first kappa shape index (κ1) is 32.6. The van der Waals surface area contributed by atoms with Crippen LogP contribution in [-0.2, 0) is 20.8 Å². The van der Waals surface area contributed by atoms with Crippen LogP contribution in [0, 0.1) is 23.5 Å². The highest BCUT2D eigenvalue weighted by Gasteiger charge is 2.39. The largest absolute Gasteiger partial charge is 0.444 e. The molecule has 45 heavy (non-hydrogen) atoms. The normalized spacial score (nSPS) is 18.2. The summed E-state index contributed by atoms with van der Waals surface area (Å²) in [7, 11) is 0. The fourth-order valence-corrected chi connectivity index (χ4v) is 6.25. The van der Waals surface area contributed by atoms with E-state index in [0.717, 1.165) is 23.8 Å². The number of aliphatic hydroxyl groups is 1. The van der Waals surface area contributed by atoms with Crippen LogP contribution in [0.25, 0.3) is 11.3 Å². The van der Waals surface area contributed by atoms with Gasteiger partial charge in [-0.1, -0.05) is 30.3 Å². The maximum absolute atomic E-state index is 15.0. The molecule has 2 atom stereocenters. The minimum Gasteiger partial charge on any atom is -0.444 e. The molecule has 2 aliphatic rings. The number of nitrogens with zero attached hydrogens (tertiary/aromatic N) is 4. The lowest BCUT2D eigenvalue weighted by Crippen LogP contribution is -2.45. The van der Waals surface area contributed by atoms with Crippen molar-refractivity contribution in [2.75, 3.05) is 39.5 Å². The maximum atomic E-state index is 15.0. The van der Waals surface area contributed by atoms with Crippen LogP contribution in [0.1, 0.15) is 57.5 Å². The van der Waals surface area contributed by atoms with Gasteiger partial charge < -0.3 is 28.9 Å². The Morgan fingerprint density at radius 3 is 2.53 bits per heavy atom. The smallest absolute Gasteiger partial charge is 0.410 e. The molecule has 0 radical (unpaired) electrons. The molecule has 242 valence electrons. The molecule has 5 rings (SSSR count). The molecule has 11 heteroatoms. The van der Waals surface area contributed by atoms with Crippen LogP contribution in [0.15, 0.2) is 54.7 Å². The van der Waals surface area contributed by atoms with Crippen molar-refractivity contribution in [1.82, 2.24) is 19.4 Å². The molecule has 2 amide bonds. The Morgan fingerprint density at radius 2 is 1.84 bits per heavy atom. The van der Waals surface area contributed by atoms with E-state index in [9.17, 15) is 19.1 Å². The molecule has 2 saturated heterocycles. The zero-order chi connectivity index (χ0) is 32.1. The molecule has 2 aliphatic heterocycles. The number of halogens is 2. The number of hydrogen-bond acceptors (Lipinski definition) is 6. The molecule has 1 N–H and O–H groups in total. The number of aromatic nitrogens is 2. The molecule has 0 spiro atoms. The number of likely N-dealkylation sites (tertiary alicyclic amines) is 1. The van der Waals surface area contributed by atoms with Crippen LogP contribution in [0.3, 0.4) is 0 Å². The molecule has 2 aromatic carbocycles. The fourth-order valence-electron chi connectivity index (χ4n) is 6.25. The Hall–Kier alpha value is -3.83. The van der Waals surface area contributed by atoms with Crippen molar-refractivity contribution in [3.8, 4) is 11.3 Å². The number of hydrogen-bond donors (Lipinski definition) is 1. The van der Waals surface area contributed by atoms with Gasteiger partial charge in [0, 0.05) is 51.2 Å². The molecular weight excluding hydrogens is 582 g/mol.